The van der Waals surface area contributed by atoms with E-state index in [9.17, 15) is 9.59 Å². The summed E-state index contributed by atoms with van der Waals surface area (Å²) in [6.07, 6.45) is 1.45. The minimum absolute atomic E-state index is 0.00920. The van der Waals surface area contributed by atoms with E-state index in [1.165, 1.54) is 0 Å². The van der Waals surface area contributed by atoms with Crippen molar-refractivity contribution in [2.24, 2.45) is 0 Å². The van der Waals surface area contributed by atoms with Crippen LogP contribution in [0.4, 0.5) is 0 Å². The highest BCUT2D eigenvalue weighted by Gasteiger charge is 2.36. The fraction of sp³-hybridized carbons (Fsp3) is 0.375. The number of carbonyl (C=O) groups is 2. The van der Waals surface area contributed by atoms with Gasteiger partial charge in [-0.05, 0) is 18.9 Å². The number of ether oxygens (including phenoxy) is 2. The first kappa shape index (κ1) is 15.6. The van der Waals surface area contributed by atoms with E-state index in [2.05, 4.69) is 0 Å². The van der Waals surface area contributed by atoms with Crippen LogP contribution in [0.3, 0.4) is 0 Å². The zero-order valence-electron chi connectivity index (χ0n) is 12.1. The van der Waals surface area contributed by atoms with Gasteiger partial charge in [-0.15, -0.1) is 0 Å². The smallest absolute Gasteiger partial charge is 0.233 e. The second-order valence-corrected chi connectivity index (χ2v) is 5.08. The molecule has 21 heavy (non-hydrogen) atoms. The minimum atomic E-state index is -0.394. The number of ketones is 2. The Balaban J connectivity index is 2.50. The lowest BCUT2D eigenvalue weighted by atomic mass is 9.92. The Morgan fingerprint density at radius 1 is 0.952 bits per heavy atom. The average molecular weight is 309 g/mol. The van der Waals surface area contributed by atoms with E-state index < -0.39 is 5.78 Å². The highest BCUT2D eigenvalue weighted by molar-refractivity contribution is 6.38. The van der Waals surface area contributed by atoms with Gasteiger partial charge in [0.1, 0.15) is 0 Å². The van der Waals surface area contributed by atoms with Crippen molar-refractivity contribution in [2.45, 2.75) is 26.7 Å². The van der Waals surface area contributed by atoms with Gasteiger partial charge in [0, 0.05) is 5.56 Å². The molecule has 112 valence electrons. The van der Waals surface area contributed by atoms with Crippen LogP contribution in [0, 0.1) is 0 Å². The molecule has 1 aliphatic carbocycles. The maximum atomic E-state index is 12.6. The van der Waals surface area contributed by atoms with Crippen LogP contribution >= 0.6 is 11.6 Å². The highest BCUT2D eigenvalue weighted by Crippen LogP contribution is 2.32. The van der Waals surface area contributed by atoms with Crippen molar-refractivity contribution in [3.63, 3.8) is 0 Å². The Morgan fingerprint density at radius 3 is 2.10 bits per heavy atom. The molecular formula is C16H17ClO4. The van der Waals surface area contributed by atoms with Crippen LogP contribution < -0.4 is 0 Å². The lowest BCUT2D eigenvalue weighted by molar-refractivity contribution is 0.0752. The second-order valence-electron chi connectivity index (χ2n) is 4.68. The van der Waals surface area contributed by atoms with Crippen molar-refractivity contribution in [2.75, 3.05) is 13.2 Å². The first-order valence-electron chi connectivity index (χ1n) is 6.99. The standard InChI is InChI=1S/C16H17ClO4/c1-3-8-20-15-13(18)10-6-5-7-11(17)12(10)14(19)16(15)21-9-4-2/h5-7H,3-4,8-9H2,1-2H3. The van der Waals surface area contributed by atoms with Gasteiger partial charge >= 0.3 is 0 Å². The van der Waals surface area contributed by atoms with E-state index in [0.29, 0.717) is 13.2 Å². The third-order valence-corrected chi connectivity index (χ3v) is 3.32. The van der Waals surface area contributed by atoms with Crippen molar-refractivity contribution in [3.8, 4) is 0 Å². The maximum Gasteiger partial charge on any atom is 0.233 e. The van der Waals surface area contributed by atoms with Crippen molar-refractivity contribution in [3.05, 3.63) is 45.9 Å². The van der Waals surface area contributed by atoms with Crippen LogP contribution in [-0.2, 0) is 9.47 Å². The van der Waals surface area contributed by atoms with Gasteiger partial charge in [0.05, 0.1) is 23.8 Å². The molecule has 0 bridgehead atoms. The van der Waals surface area contributed by atoms with E-state index in [-0.39, 0.29) is 33.5 Å². The van der Waals surface area contributed by atoms with Crippen molar-refractivity contribution >= 4 is 23.2 Å². The predicted octanol–water partition coefficient (Wildman–Crippen LogP) is 3.78. The van der Waals surface area contributed by atoms with Crippen LogP contribution in [0.2, 0.25) is 5.02 Å². The Bertz CT molecular complexity index is 604. The van der Waals surface area contributed by atoms with Gasteiger partial charge in [0.2, 0.25) is 23.1 Å². The average Bonchev–Trinajstić information content (AvgIpc) is 2.48. The van der Waals surface area contributed by atoms with Crippen LogP contribution in [0.15, 0.2) is 29.7 Å². The molecule has 0 aromatic heterocycles. The molecular weight excluding hydrogens is 292 g/mol. The van der Waals surface area contributed by atoms with Crippen LogP contribution in [-0.4, -0.2) is 24.8 Å². The summed E-state index contributed by atoms with van der Waals surface area (Å²) in [5.74, 6) is -0.789. The van der Waals surface area contributed by atoms with Gasteiger partial charge in [-0.2, -0.15) is 0 Å². The predicted molar refractivity (Wildman–Crippen MR) is 79.6 cm³/mol. The number of halogens is 1. The number of fused-ring (bicyclic) bond motifs is 1. The molecule has 1 aromatic carbocycles. The summed E-state index contributed by atoms with van der Waals surface area (Å²) < 4.78 is 10.9. The van der Waals surface area contributed by atoms with Gasteiger partial charge in [-0.1, -0.05) is 37.6 Å². The van der Waals surface area contributed by atoms with Crippen molar-refractivity contribution in [1.29, 1.82) is 0 Å². The van der Waals surface area contributed by atoms with E-state index in [1.54, 1.807) is 18.2 Å². The monoisotopic (exact) mass is 308 g/mol. The first-order valence-corrected chi connectivity index (χ1v) is 7.37. The van der Waals surface area contributed by atoms with Crippen molar-refractivity contribution < 1.29 is 19.1 Å². The van der Waals surface area contributed by atoms with Gasteiger partial charge in [-0.25, -0.2) is 0 Å². The quantitative estimate of drug-likeness (QED) is 0.802. The summed E-state index contributed by atoms with van der Waals surface area (Å²) in [5, 5.41) is 0.248. The molecule has 0 saturated carbocycles. The number of benzene rings is 1. The zero-order valence-corrected chi connectivity index (χ0v) is 12.8. The van der Waals surface area contributed by atoms with E-state index in [0.717, 1.165) is 12.8 Å². The molecule has 0 spiro atoms. The number of hydrogen-bond acceptors (Lipinski definition) is 4. The summed E-state index contributed by atoms with van der Waals surface area (Å²) in [6.45, 7) is 4.53. The van der Waals surface area contributed by atoms with Gasteiger partial charge in [-0.3, -0.25) is 9.59 Å². The van der Waals surface area contributed by atoms with Crippen LogP contribution in [0.25, 0.3) is 0 Å². The highest BCUT2D eigenvalue weighted by atomic mass is 35.5. The molecule has 0 fully saturated rings. The molecule has 0 unspecified atom stereocenters. The normalized spacial score (nSPS) is 14.2. The number of hydrogen-bond donors (Lipinski definition) is 0. The number of allylic oxidation sites excluding steroid dienone is 2. The summed E-state index contributed by atoms with van der Waals surface area (Å²) in [5.41, 5.74) is 0.460. The summed E-state index contributed by atoms with van der Waals surface area (Å²) in [6, 6.07) is 4.80. The third-order valence-electron chi connectivity index (χ3n) is 3.01. The molecule has 0 N–H and O–H groups in total. The minimum Gasteiger partial charge on any atom is -0.486 e. The molecule has 0 aliphatic heterocycles. The van der Waals surface area contributed by atoms with E-state index in [4.69, 9.17) is 21.1 Å². The molecule has 1 aromatic rings. The first-order chi connectivity index (χ1) is 10.1. The summed E-state index contributed by atoms with van der Waals surface area (Å²) in [4.78, 5) is 25.1. The lowest BCUT2D eigenvalue weighted by Gasteiger charge is -2.21. The molecule has 0 radical (unpaired) electrons. The van der Waals surface area contributed by atoms with Gasteiger partial charge in [0.25, 0.3) is 0 Å². The fourth-order valence-corrected chi connectivity index (χ4v) is 2.32. The molecule has 0 amide bonds. The number of rotatable bonds is 6. The van der Waals surface area contributed by atoms with Gasteiger partial charge in [0.15, 0.2) is 0 Å². The molecule has 5 heteroatoms. The Kier molecular flexibility index (Phi) is 5.02. The molecule has 4 nitrogen and oxygen atoms in total. The van der Waals surface area contributed by atoms with Crippen LogP contribution in [0.1, 0.15) is 47.4 Å². The van der Waals surface area contributed by atoms with Crippen LogP contribution in [0.5, 0.6) is 0 Å². The molecule has 0 heterocycles. The van der Waals surface area contributed by atoms with Gasteiger partial charge < -0.3 is 9.47 Å². The second kappa shape index (κ2) is 6.76. The molecule has 0 atom stereocenters. The fourth-order valence-electron chi connectivity index (χ4n) is 2.06. The molecule has 0 saturated heterocycles. The van der Waals surface area contributed by atoms with E-state index >= 15 is 0 Å². The van der Waals surface area contributed by atoms with Crippen molar-refractivity contribution in [1.82, 2.24) is 0 Å². The lowest BCUT2D eigenvalue weighted by Crippen LogP contribution is -2.26. The Labute approximate surface area is 128 Å². The SMILES string of the molecule is CCCOC1=C(OCCC)C(=O)c2c(Cl)cccc2C1=O. The van der Waals surface area contributed by atoms with E-state index in [1.807, 2.05) is 13.8 Å². The number of Topliss-reactive ketones (excluding diaryl/α,β-unsaturated/α-hetero) is 2. The number of carbonyl (C=O) groups excluding carboxylic acids is 2. The summed E-state index contributed by atoms with van der Waals surface area (Å²) in [7, 11) is 0. The molecule has 2 rings (SSSR count). The summed E-state index contributed by atoms with van der Waals surface area (Å²) >= 11 is 6.06. The zero-order chi connectivity index (χ0) is 15.4. The largest absolute Gasteiger partial charge is 0.486 e. The Morgan fingerprint density at radius 2 is 1.52 bits per heavy atom. The molecule has 1 aliphatic rings. The topological polar surface area (TPSA) is 52.6 Å². The Hall–Kier alpha value is -1.81. The maximum absolute atomic E-state index is 12.6. The third kappa shape index (κ3) is 2.95.